The molecular formula is C15H27N3O3. The average molecular weight is 297 g/mol. The van der Waals surface area contributed by atoms with Crippen LogP contribution >= 0.6 is 0 Å². The first-order valence-electron chi connectivity index (χ1n) is 8.07. The van der Waals surface area contributed by atoms with Crippen LogP contribution in [0, 0.1) is 0 Å². The van der Waals surface area contributed by atoms with Crippen molar-refractivity contribution in [3.05, 3.63) is 0 Å². The molecule has 0 spiro atoms. The van der Waals surface area contributed by atoms with Crippen LogP contribution in [0.25, 0.3) is 0 Å². The van der Waals surface area contributed by atoms with Gasteiger partial charge in [-0.2, -0.15) is 0 Å². The standard InChI is InChI=1S/C15H27N3O3/c1-3-6-15(13(19)20)7-5-8-18(15)14(21)17-11-9-16(4-2)10-12-17/h3-12H2,1-2H3,(H,19,20). The lowest BCUT2D eigenvalue weighted by Gasteiger charge is -2.41. The highest BCUT2D eigenvalue weighted by molar-refractivity contribution is 5.87. The molecule has 0 radical (unpaired) electrons. The van der Waals surface area contributed by atoms with Crippen molar-refractivity contribution in [3.63, 3.8) is 0 Å². The van der Waals surface area contributed by atoms with Crippen molar-refractivity contribution in [1.82, 2.24) is 14.7 Å². The summed E-state index contributed by atoms with van der Waals surface area (Å²) in [5.41, 5.74) is -0.978. The molecule has 0 aliphatic carbocycles. The molecule has 2 rings (SSSR count). The minimum atomic E-state index is -0.978. The van der Waals surface area contributed by atoms with E-state index in [0.717, 1.165) is 32.5 Å². The number of nitrogens with zero attached hydrogens (tertiary/aromatic N) is 3. The van der Waals surface area contributed by atoms with E-state index in [0.29, 0.717) is 32.5 Å². The van der Waals surface area contributed by atoms with Gasteiger partial charge in [-0.15, -0.1) is 0 Å². The normalized spacial score (nSPS) is 27.1. The summed E-state index contributed by atoms with van der Waals surface area (Å²) in [4.78, 5) is 30.3. The van der Waals surface area contributed by atoms with E-state index in [4.69, 9.17) is 0 Å². The predicted molar refractivity (Wildman–Crippen MR) is 80.3 cm³/mol. The Labute approximate surface area is 126 Å². The van der Waals surface area contributed by atoms with Gasteiger partial charge >= 0.3 is 12.0 Å². The topological polar surface area (TPSA) is 64.1 Å². The van der Waals surface area contributed by atoms with Crippen LogP contribution in [-0.2, 0) is 4.79 Å². The number of likely N-dealkylation sites (tertiary alicyclic amines) is 1. The van der Waals surface area contributed by atoms with Crippen LogP contribution in [0.4, 0.5) is 4.79 Å². The Bertz CT molecular complexity index is 394. The van der Waals surface area contributed by atoms with Crippen molar-refractivity contribution >= 4 is 12.0 Å². The van der Waals surface area contributed by atoms with Gasteiger partial charge in [0.05, 0.1) is 0 Å². The van der Waals surface area contributed by atoms with Crippen molar-refractivity contribution in [2.24, 2.45) is 0 Å². The second kappa shape index (κ2) is 6.64. The highest BCUT2D eigenvalue weighted by Crippen LogP contribution is 2.35. The van der Waals surface area contributed by atoms with Gasteiger partial charge in [-0.25, -0.2) is 9.59 Å². The van der Waals surface area contributed by atoms with Crippen molar-refractivity contribution in [3.8, 4) is 0 Å². The second-order valence-electron chi connectivity index (χ2n) is 6.05. The third kappa shape index (κ3) is 3.00. The van der Waals surface area contributed by atoms with Crippen molar-refractivity contribution in [2.45, 2.75) is 45.1 Å². The van der Waals surface area contributed by atoms with Crippen LogP contribution in [0.3, 0.4) is 0 Å². The predicted octanol–water partition coefficient (Wildman–Crippen LogP) is 1.46. The van der Waals surface area contributed by atoms with Crippen molar-refractivity contribution in [2.75, 3.05) is 39.3 Å². The van der Waals surface area contributed by atoms with Gasteiger partial charge in [-0.3, -0.25) is 0 Å². The van der Waals surface area contributed by atoms with Crippen LogP contribution in [0.15, 0.2) is 0 Å². The molecule has 2 aliphatic heterocycles. The van der Waals surface area contributed by atoms with E-state index < -0.39 is 11.5 Å². The lowest BCUT2D eigenvalue weighted by atomic mass is 9.91. The number of carbonyl (C=O) groups excluding carboxylic acids is 1. The number of rotatable bonds is 4. The molecule has 0 saturated carbocycles. The number of carboxylic acid groups (broad SMARTS) is 1. The molecule has 6 heteroatoms. The average Bonchev–Trinajstić information content (AvgIpc) is 2.92. The third-order valence-electron chi connectivity index (χ3n) is 4.87. The molecule has 1 atom stereocenters. The van der Waals surface area contributed by atoms with Gasteiger partial charge < -0.3 is 19.8 Å². The summed E-state index contributed by atoms with van der Waals surface area (Å²) in [6.07, 6.45) is 2.69. The molecule has 2 aliphatic rings. The van der Waals surface area contributed by atoms with E-state index in [1.165, 1.54) is 0 Å². The molecule has 2 amide bonds. The smallest absolute Gasteiger partial charge is 0.329 e. The number of carbonyl (C=O) groups is 2. The van der Waals surface area contributed by atoms with Crippen LogP contribution in [-0.4, -0.2) is 76.6 Å². The molecule has 0 aromatic heterocycles. The lowest BCUT2D eigenvalue weighted by molar-refractivity contribution is -0.149. The monoisotopic (exact) mass is 297 g/mol. The summed E-state index contributed by atoms with van der Waals surface area (Å²) in [7, 11) is 0. The molecule has 2 heterocycles. The summed E-state index contributed by atoms with van der Waals surface area (Å²) in [5.74, 6) is -0.845. The van der Waals surface area contributed by atoms with Crippen LogP contribution < -0.4 is 0 Å². The number of amides is 2. The fourth-order valence-electron chi connectivity index (χ4n) is 3.59. The van der Waals surface area contributed by atoms with E-state index in [2.05, 4.69) is 11.8 Å². The summed E-state index contributed by atoms with van der Waals surface area (Å²) in [6.45, 7) is 8.82. The summed E-state index contributed by atoms with van der Waals surface area (Å²) in [5, 5.41) is 9.67. The summed E-state index contributed by atoms with van der Waals surface area (Å²) >= 11 is 0. The molecule has 6 nitrogen and oxygen atoms in total. The quantitative estimate of drug-likeness (QED) is 0.853. The Kier molecular flexibility index (Phi) is 5.08. The maximum absolute atomic E-state index is 12.8. The highest BCUT2D eigenvalue weighted by Gasteiger charge is 2.50. The van der Waals surface area contributed by atoms with Crippen LogP contribution in [0.1, 0.15) is 39.5 Å². The Morgan fingerprint density at radius 1 is 1.10 bits per heavy atom. The lowest BCUT2D eigenvalue weighted by Crippen LogP contribution is -2.59. The molecule has 1 N–H and O–H groups in total. The Hall–Kier alpha value is -1.30. The largest absolute Gasteiger partial charge is 0.479 e. The van der Waals surface area contributed by atoms with Crippen LogP contribution in [0.5, 0.6) is 0 Å². The number of carboxylic acids is 1. The molecule has 0 aromatic rings. The highest BCUT2D eigenvalue weighted by atomic mass is 16.4. The summed E-state index contributed by atoms with van der Waals surface area (Å²) in [6, 6.07) is -0.0842. The molecule has 120 valence electrons. The number of aliphatic carboxylic acids is 1. The minimum Gasteiger partial charge on any atom is -0.479 e. The van der Waals surface area contributed by atoms with E-state index in [1.807, 2.05) is 11.8 Å². The molecule has 2 saturated heterocycles. The second-order valence-corrected chi connectivity index (χ2v) is 6.05. The van der Waals surface area contributed by atoms with Crippen molar-refractivity contribution < 1.29 is 14.7 Å². The van der Waals surface area contributed by atoms with Gasteiger partial charge in [0.1, 0.15) is 5.54 Å². The van der Waals surface area contributed by atoms with E-state index >= 15 is 0 Å². The Balaban J connectivity index is 2.08. The van der Waals surface area contributed by atoms with Crippen molar-refractivity contribution in [1.29, 1.82) is 0 Å². The van der Waals surface area contributed by atoms with Gasteiger partial charge in [-0.1, -0.05) is 20.3 Å². The maximum Gasteiger partial charge on any atom is 0.329 e. The van der Waals surface area contributed by atoms with E-state index in [-0.39, 0.29) is 6.03 Å². The first-order chi connectivity index (χ1) is 10.0. The maximum atomic E-state index is 12.8. The number of hydrogen-bond donors (Lipinski definition) is 1. The van der Waals surface area contributed by atoms with Gasteiger partial charge in [0.25, 0.3) is 0 Å². The fourth-order valence-corrected chi connectivity index (χ4v) is 3.59. The number of urea groups is 1. The van der Waals surface area contributed by atoms with Gasteiger partial charge in [0.2, 0.25) is 0 Å². The van der Waals surface area contributed by atoms with Gasteiger partial charge in [0.15, 0.2) is 0 Å². The Morgan fingerprint density at radius 3 is 2.29 bits per heavy atom. The number of piperazine rings is 1. The van der Waals surface area contributed by atoms with E-state index in [1.54, 1.807) is 4.90 Å². The molecule has 2 fully saturated rings. The van der Waals surface area contributed by atoms with Gasteiger partial charge in [-0.05, 0) is 25.8 Å². The zero-order valence-corrected chi connectivity index (χ0v) is 13.2. The molecule has 21 heavy (non-hydrogen) atoms. The first kappa shape index (κ1) is 16.1. The number of hydrogen-bond acceptors (Lipinski definition) is 3. The number of likely N-dealkylation sites (N-methyl/N-ethyl adjacent to an activating group) is 1. The third-order valence-corrected chi connectivity index (χ3v) is 4.87. The first-order valence-corrected chi connectivity index (χ1v) is 8.07. The molecular weight excluding hydrogens is 270 g/mol. The molecule has 1 unspecified atom stereocenters. The van der Waals surface area contributed by atoms with Crippen LogP contribution in [0.2, 0.25) is 0 Å². The fraction of sp³-hybridized carbons (Fsp3) is 0.867. The zero-order valence-electron chi connectivity index (χ0n) is 13.2. The van der Waals surface area contributed by atoms with Gasteiger partial charge in [0, 0.05) is 32.7 Å². The molecule has 0 bridgehead atoms. The summed E-state index contributed by atoms with van der Waals surface area (Å²) < 4.78 is 0. The Morgan fingerprint density at radius 2 is 1.76 bits per heavy atom. The zero-order chi connectivity index (χ0) is 15.5. The SMILES string of the molecule is CCCC1(C(=O)O)CCCN1C(=O)N1CCN(CC)CC1. The minimum absolute atomic E-state index is 0.0842. The van der Waals surface area contributed by atoms with E-state index in [9.17, 15) is 14.7 Å². The molecule has 0 aromatic carbocycles.